The monoisotopic (exact) mass is 367 g/mol. The maximum atomic E-state index is 11.6. The number of hydrogen-bond acceptors (Lipinski definition) is 5. The SMILES string of the molecule is CN1CCC(Oc2cncc(-c3cnc4c(c3)CCCN4C(N)=O)c2)CC1. The number of nitrogens with zero attached hydrogens (tertiary/aromatic N) is 4. The molecule has 0 aromatic carbocycles. The number of likely N-dealkylation sites (tertiary alicyclic amines) is 1. The summed E-state index contributed by atoms with van der Waals surface area (Å²) in [6.45, 7) is 2.74. The second-order valence-corrected chi connectivity index (χ2v) is 7.33. The lowest BCUT2D eigenvalue weighted by Crippen LogP contribution is -2.40. The van der Waals surface area contributed by atoms with Gasteiger partial charge in [0.15, 0.2) is 0 Å². The number of amides is 2. The van der Waals surface area contributed by atoms with Crippen molar-refractivity contribution >= 4 is 11.8 Å². The van der Waals surface area contributed by atoms with Crippen LogP contribution in [-0.2, 0) is 6.42 Å². The number of primary amides is 1. The quantitative estimate of drug-likeness (QED) is 0.901. The summed E-state index contributed by atoms with van der Waals surface area (Å²) in [5.74, 6) is 1.46. The molecule has 0 spiro atoms. The van der Waals surface area contributed by atoms with Crippen molar-refractivity contribution in [3.63, 3.8) is 0 Å². The predicted octanol–water partition coefficient (Wildman–Crippen LogP) is 2.45. The van der Waals surface area contributed by atoms with E-state index in [1.165, 1.54) is 0 Å². The minimum atomic E-state index is -0.452. The maximum absolute atomic E-state index is 11.6. The lowest BCUT2D eigenvalue weighted by atomic mass is 10.0. The number of pyridine rings is 2. The Bertz CT molecular complexity index is 833. The van der Waals surface area contributed by atoms with Gasteiger partial charge >= 0.3 is 6.03 Å². The van der Waals surface area contributed by atoms with Crippen LogP contribution in [0.1, 0.15) is 24.8 Å². The average Bonchev–Trinajstić information content (AvgIpc) is 2.69. The highest BCUT2D eigenvalue weighted by Gasteiger charge is 2.23. The van der Waals surface area contributed by atoms with Crippen LogP contribution in [0.25, 0.3) is 11.1 Å². The normalized spacial score (nSPS) is 18.2. The molecule has 2 aromatic rings. The summed E-state index contributed by atoms with van der Waals surface area (Å²) in [4.78, 5) is 24.3. The van der Waals surface area contributed by atoms with Gasteiger partial charge in [-0.15, -0.1) is 0 Å². The lowest BCUT2D eigenvalue weighted by Gasteiger charge is -2.29. The van der Waals surface area contributed by atoms with E-state index in [0.717, 1.165) is 61.2 Å². The zero-order valence-electron chi connectivity index (χ0n) is 15.6. The molecule has 142 valence electrons. The second-order valence-electron chi connectivity index (χ2n) is 7.33. The van der Waals surface area contributed by atoms with Crippen LogP contribution in [0.4, 0.5) is 10.6 Å². The van der Waals surface area contributed by atoms with E-state index >= 15 is 0 Å². The Morgan fingerprint density at radius 1 is 1.15 bits per heavy atom. The number of carbonyl (C=O) groups excluding carboxylic acids is 1. The van der Waals surface area contributed by atoms with E-state index < -0.39 is 6.03 Å². The van der Waals surface area contributed by atoms with Gasteiger partial charge in [-0.25, -0.2) is 9.78 Å². The lowest BCUT2D eigenvalue weighted by molar-refractivity contribution is 0.114. The predicted molar refractivity (Wildman–Crippen MR) is 104 cm³/mol. The van der Waals surface area contributed by atoms with Crippen molar-refractivity contribution in [2.24, 2.45) is 5.73 Å². The molecule has 2 aliphatic heterocycles. The molecule has 0 unspecified atom stereocenters. The molecule has 4 heterocycles. The Morgan fingerprint density at radius 2 is 1.93 bits per heavy atom. The Labute approximate surface area is 159 Å². The summed E-state index contributed by atoms with van der Waals surface area (Å²) >= 11 is 0. The number of nitrogens with two attached hydrogens (primary N) is 1. The molecule has 7 heteroatoms. The zero-order valence-corrected chi connectivity index (χ0v) is 15.6. The molecule has 0 radical (unpaired) electrons. The van der Waals surface area contributed by atoms with Crippen LogP contribution < -0.4 is 15.4 Å². The van der Waals surface area contributed by atoms with E-state index in [-0.39, 0.29) is 6.10 Å². The summed E-state index contributed by atoms with van der Waals surface area (Å²) in [5.41, 5.74) is 8.45. The summed E-state index contributed by atoms with van der Waals surface area (Å²) in [5, 5.41) is 0. The minimum Gasteiger partial charge on any atom is -0.489 e. The highest BCUT2D eigenvalue weighted by molar-refractivity contribution is 5.91. The third kappa shape index (κ3) is 3.88. The highest BCUT2D eigenvalue weighted by Crippen LogP contribution is 2.30. The van der Waals surface area contributed by atoms with Crippen LogP contribution in [-0.4, -0.2) is 53.7 Å². The number of carbonyl (C=O) groups is 1. The van der Waals surface area contributed by atoms with Crippen molar-refractivity contribution in [3.05, 3.63) is 36.3 Å². The molecule has 2 aliphatic rings. The van der Waals surface area contributed by atoms with Gasteiger partial charge in [0.2, 0.25) is 0 Å². The highest BCUT2D eigenvalue weighted by atomic mass is 16.5. The topological polar surface area (TPSA) is 84.6 Å². The third-order valence-electron chi connectivity index (χ3n) is 5.31. The van der Waals surface area contributed by atoms with Crippen molar-refractivity contribution in [3.8, 4) is 16.9 Å². The number of hydrogen-bond donors (Lipinski definition) is 1. The molecular weight excluding hydrogens is 342 g/mol. The largest absolute Gasteiger partial charge is 0.489 e. The first-order valence-corrected chi connectivity index (χ1v) is 9.46. The number of aryl methyl sites for hydroxylation is 1. The van der Waals surface area contributed by atoms with Gasteiger partial charge in [0.1, 0.15) is 17.7 Å². The fraction of sp³-hybridized carbons (Fsp3) is 0.450. The van der Waals surface area contributed by atoms with Gasteiger partial charge in [-0.05, 0) is 50.4 Å². The van der Waals surface area contributed by atoms with Gasteiger partial charge in [0.05, 0.1) is 6.20 Å². The minimum absolute atomic E-state index is 0.240. The molecule has 0 atom stereocenters. The smallest absolute Gasteiger partial charge is 0.320 e. The molecule has 0 saturated carbocycles. The van der Waals surface area contributed by atoms with E-state index in [4.69, 9.17) is 10.5 Å². The molecule has 1 fully saturated rings. The maximum Gasteiger partial charge on any atom is 0.320 e. The standard InChI is InChI=1S/C20H25N5O2/c1-24-7-4-17(5-8-24)27-18-10-16(11-22-13-18)15-9-14-3-2-6-25(20(21)26)19(14)23-12-15/h9-13,17H,2-8H2,1H3,(H2,21,26). The zero-order chi connectivity index (χ0) is 18.8. The van der Waals surface area contributed by atoms with Crippen LogP contribution in [0.3, 0.4) is 0 Å². The van der Waals surface area contributed by atoms with E-state index in [9.17, 15) is 4.79 Å². The van der Waals surface area contributed by atoms with Crippen molar-refractivity contribution in [2.45, 2.75) is 31.8 Å². The first-order valence-electron chi connectivity index (χ1n) is 9.46. The summed E-state index contributed by atoms with van der Waals surface area (Å²) in [6, 6.07) is 3.64. The van der Waals surface area contributed by atoms with E-state index in [1.54, 1.807) is 17.3 Å². The summed E-state index contributed by atoms with van der Waals surface area (Å²) in [6.07, 6.45) is 9.44. The molecule has 0 bridgehead atoms. The van der Waals surface area contributed by atoms with Crippen LogP contribution in [0.5, 0.6) is 5.75 Å². The number of anilines is 1. The molecule has 0 aliphatic carbocycles. The van der Waals surface area contributed by atoms with Crippen molar-refractivity contribution in [2.75, 3.05) is 31.6 Å². The Balaban J connectivity index is 1.54. The molecule has 7 nitrogen and oxygen atoms in total. The Kier molecular flexibility index (Phi) is 4.94. The first kappa shape index (κ1) is 17.7. The molecule has 2 aromatic heterocycles. The molecule has 2 N–H and O–H groups in total. The van der Waals surface area contributed by atoms with E-state index in [0.29, 0.717) is 12.4 Å². The molecule has 4 rings (SSSR count). The van der Waals surface area contributed by atoms with Gasteiger partial charge in [0.25, 0.3) is 0 Å². The summed E-state index contributed by atoms with van der Waals surface area (Å²) in [7, 11) is 2.14. The fourth-order valence-electron chi connectivity index (χ4n) is 3.77. The first-order chi connectivity index (χ1) is 13.1. The Morgan fingerprint density at radius 3 is 2.70 bits per heavy atom. The van der Waals surface area contributed by atoms with Gasteiger partial charge < -0.3 is 15.4 Å². The number of fused-ring (bicyclic) bond motifs is 1. The van der Waals surface area contributed by atoms with E-state index in [1.807, 2.05) is 12.3 Å². The molecule has 1 saturated heterocycles. The van der Waals surface area contributed by atoms with E-state index in [2.05, 4.69) is 28.0 Å². The molecule has 2 amide bonds. The van der Waals surface area contributed by atoms with Gasteiger partial charge in [0, 0.05) is 43.2 Å². The number of aromatic nitrogens is 2. The number of urea groups is 1. The number of piperidine rings is 1. The second kappa shape index (κ2) is 7.52. The van der Waals surface area contributed by atoms with Crippen molar-refractivity contribution in [1.29, 1.82) is 0 Å². The van der Waals surface area contributed by atoms with Crippen molar-refractivity contribution in [1.82, 2.24) is 14.9 Å². The van der Waals surface area contributed by atoms with Crippen LogP contribution >= 0.6 is 0 Å². The van der Waals surface area contributed by atoms with Crippen LogP contribution in [0.2, 0.25) is 0 Å². The molecule has 27 heavy (non-hydrogen) atoms. The molecular formula is C20H25N5O2. The third-order valence-corrected chi connectivity index (χ3v) is 5.31. The Hall–Kier alpha value is -2.67. The summed E-state index contributed by atoms with van der Waals surface area (Å²) < 4.78 is 6.15. The van der Waals surface area contributed by atoms with Crippen LogP contribution in [0.15, 0.2) is 30.7 Å². The van der Waals surface area contributed by atoms with Crippen LogP contribution in [0, 0.1) is 0 Å². The fourth-order valence-corrected chi connectivity index (χ4v) is 3.77. The van der Waals surface area contributed by atoms with Crippen molar-refractivity contribution < 1.29 is 9.53 Å². The van der Waals surface area contributed by atoms with Gasteiger partial charge in [-0.2, -0.15) is 0 Å². The van der Waals surface area contributed by atoms with Gasteiger partial charge in [-0.1, -0.05) is 0 Å². The number of ether oxygens (including phenoxy) is 1. The average molecular weight is 367 g/mol. The number of rotatable bonds is 3. The van der Waals surface area contributed by atoms with Gasteiger partial charge in [-0.3, -0.25) is 9.88 Å².